The molecule has 1 heterocycles. The van der Waals surface area contributed by atoms with Crippen LogP contribution in [0.2, 0.25) is 0 Å². The van der Waals surface area contributed by atoms with Crippen LogP contribution < -0.4 is 10.6 Å². The van der Waals surface area contributed by atoms with Crippen molar-refractivity contribution >= 4 is 11.7 Å². The van der Waals surface area contributed by atoms with E-state index in [0.29, 0.717) is 37.1 Å². The van der Waals surface area contributed by atoms with E-state index in [0.717, 1.165) is 0 Å². The monoisotopic (exact) mass is 250 g/mol. The summed E-state index contributed by atoms with van der Waals surface area (Å²) < 4.78 is 18.7. The number of anilines is 2. The SMILES string of the molecule is CCN(c1cccc(F)c1)c1nnc(CCN)o1. The predicted octanol–water partition coefficient (Wildman–Crippen LogP) is 1.87. The number of benzene rings is 1. The highest BCUT2D eigenvalue weighted by Gasteiger charge is 2.15. The number of hydrogen-bond donors (Lipinski definition) is 1. The van der Waals surface area contributed by atoms with Gasteiger partial charge < -0.3 is 10.2 Å². The third-order valence-corrected chi connectivity index (χ3v) is 2.48. The van der Waals surface area contributed by atoms with Gasteiger partial charge in [0.1, 0.15) is 5.82 Å². The van der Waals surface area contributed by atoms with Crippen LogP contribution in [-0.4, -0.2) is 23.3 Å². The standard InChI is InChI=1S/C12H15FN4O/c1-2-17(10-5-3-4-9(13)8-10)12-16-15-11(18-12)6-7-14/h3-5,8H,2,6-7,14H2,1H3. The lowest BCUT2D eigenvalue weighted by molar-refractivity contribution is 0.496. The molecule has 0 saturated carbocycles. The number of nitrogens with two attached hydrogens (primary N) is 1. The van der Waals surface area contributed by atoms with Gasteiger partial charge in [-0.15, -0.1) is 5.10 Å². The molecule has 5 nitrogen and oxygen atoms in total. The molecule has 0 aliphatic heterocycles. The Balaban J connectivity index is 2.27. The van der Waals surface area contributed by atoms with Crippen molar-refractivity contribution in [3.05, 3.63) is 36.0 Å². The first kappa shape index (κ1) is 12.5. The molecule has 2 N–H and O–H groups in total. The Morgan fingerprint density at radius 3 is 2.89 bits per heavy atom. The fraction of sp³-hybridized carbons (Fsp3) is 0.333. The number of nitrogens with zero attached hydrogens (tertiary/aromatic N) is 3. The molecule has 2 aromatic rings. The zero-order valence-corrected chi connectivity index (χ0v) is 10.1. The largest absolute Gasteiger partial charge is 0.408 e. The van der Waals surface area contributed by atoms with E-state index in [1.165, 1.54) is 12.1 Å². The van der Waals surface area contributed by atoms with Gasteiger partial charge in [-0.2, -0.15) is 0 Å². The summed E-state index contributed by atoms with van der Waals surface area (Å²) in [7, 11) is 0. The Labute approximate surface area is 104 Å². The van der Waals surface area contributed by atoms with E-state index in [4.69, 9.17) is 10.2 Å². The second kappa shape index (κ2) is 5.59. The van der Waals surface area contributed by atoms with Gasteiger partial charge in [0.15, 0.2) is 0 Å². The summed E-state index contributed by atoms with van der Waals surface area (Å²) in [6, 6.07) is 6.61. The highest BCUT2D eigenvalue weighted by Crippen LogP contribution is 2.24. The van der Waals surface area contributed by atoms with Gasteiger partial charge in [-0.05, 0) is 25.1 Å². The molecule has 1 aromatic heterocycles. The molecule has 2 rings (SSSR count). The van der Waals surface area contributed by atoms with E-state index in [1.54, 1.807) is 17.0 Å². The van der Waals surface area contributed by atoms with Gasteiger partial charge in [0, 0.05) is 25.2 Å². The summed E-state index contributed by atoms with van der Waals surface area (Å²) in [6.07, 6.45) is 0.535. The first-order valence-electron chi connectivity index (χ1n) is 5.80. The minimum absolute atomic E-state index is 0.298. The van der Waals surface area contributed by atoms with Crippen LogP contribution in [0.3, 0.4) is 0 Å². The van der Waals surface area contributed by atoms with Gasteiger partial charge in [-0.3, -0.25) is 4.90 Å². The fourth-order valence-electron chi connectivity index (χ4n) is 1.65. The Bertz CT molecular complexity index is 514. The molecule has 0 saturated heterocycles. The summed E-state index contributed by atoms with van der Waals surface area (Å²) in [4.78, 5) is 1.75. The Morgan fingerprint density at radius 2 is 2.22 bits per heavy atom. The van der Waals surface area contributed by atoms with Crippen molar-refractivity contribution in [3.63, 3.8) is 0 Å². The Hall–Kier alpha value is -1.95. The average molecular weight is 250 g/mol. The lowest BCUT2D eigenvalue weighted by Crippen LogP contribution is -2.16. The van der Waals surface area contributed by atoms with Crippen LogP contribution in [0.15, 0.2) is 28.7 Å². The molecular weight excluding hydrogens is 235 g/mol. The second-order valence-electron chi connectivity index (χ2n) is 3.74. The van der Waals surface area contributed by atoms with Crippen molar-refractivity contribution in [2.24, 2.45) is 5.73 Å². The van der Waals surface area contributed by atoms with Crippen LogP contribution in [0.1, 0.15) is 12.8 Å². The van der Waals surface area contributed by atoms with E-state index in [2.05, 4.69) is 10.2 Å². The zero-order valence-electron chi connectivity index (χ0n) is 10.1. The van der Waals surface area contributed by atoms with Crippen LogP contribution in [0.5, 0.6) is 0 Å². The molecule has 0 aliphatic rings. The zero-order chi connectivity index (χ0) is 13.0. The van der Waals surface area contributed by atoms with E-state index in [9.17, 15) is 4.39 Å². The minimum Gasteiger partial charge on any atom is -0.408 e. The van der Waals surface area contributed by atoms with Gasteiger partial charge >= 0.3 is 6.01 Å². The maximum Gasteiger partial charge on any atom is 0.322 e. The van der Waals surface area contributed by atoms with Crippen LogP contribution in [0.25, 0.3) is 0 Å². The van der Waals surface area contributed by atoms with E-state index >= 15 is 0 Å². The first-order valence-corrected chi connectivity index (χ1v) is 5.80. The molecule has 18 heavy (non-hydrogen) atoms. The maximum atomic E-state index is 13.2. The Morgan fingerprint density at radius 1 is 1.39 bits per heavy atom. The topological polar surface area (TPSA) is 68.2 Å². The molecule has 0 spiro atoms. The van der Waals surface area contributed by atoms with Crippen molar-refractivity contribution in [2.75, 3.05) is 18.0 Å². The predicted molar refractivity (Wildman–Crippen MR) is 66.1 cm³/mol. The highest BCUT2D eigenvalue weighted by molar-refractivity contribution is 5.55. The van der Waals surface area contributed by atoms with Gasteiger partial charge in [0.25, 0.3) is 0 Å². The molecule has 6 heteroatoms. The first-order chi connectivity index (χ1) is 8.74. The summed E-state index contributed by atoms with van der Waals surface area (Å²) in [6.45, 7) is 2.99. The number of rotatable bonds is 5. The summed E-state index contributed by atoms with van der Waals surface area (Å²) in [5.74, 6) is 0.190. The van der Waals surface area contributed by atoms with Crippen LogP contribution in [0.4, 0.5) is 16.1 Å². The van der Waals surface area contributed by atoms with Crippen molar-refractivity contribution < 1.29 is 8.81 Å². The van der Waals surface area contributed by atoms with Gasteiger partial charge in [-0.1, -0.05) is 11.2 Å². The summed E-state index contributed by atoms with van der Waals surface area (Å²) in [5.41, 5.74) is 6.10. The van der Waals surface area contributed by atoms with Crippen LogP contribution >= 0.6 is 0 Å². The normalized spacial score (nSPS) is 10.6. The number of aromatic nitrogens is 2. The number of hydrogen-bond acceptors (Lipinski definition) is 5. The molecule has 1 aromatic carbocycles. The molecule has 0 radical (unpaired) electrons. The minimum atomic E-state index is -0.298. The van der Waals surface area contributed by atoms with Crippen molar-refractivity contribution in [2.45, 2.75) is 13.3 Å². The highest BCUT2D eigenvalue weighted by atomic mass is 19.1. The molecule has 0 amide bonds. The smallest absolute Gasteiger partial charge is 0.322 e. The third-order valence-electron chi connectivity index (χ3n) is 2.48. The molecule has 0 aliphatic carbocycles. The summed E-state index contributed by atoms with van der Waals surface area (Å²) >= 11 is 0. The molecule has 0 fully saturated rings. The van der Waals surface area contributed by atoms with Gasteiger partial charge in [0.2, 0.25) is 5.89 Å². The summed E-state index contributed by atoms with van der Waals surface area (Å²) in [5, 5.41) is 7.83. The van der Waals surface area contributed by atoms with Gasteiger partial charge in [-0.25, -0.2) is 4.39 Å². The van der Waals surface area contributed by atoms with Crippen LogP contribution in [0, 0.1) is 5.82 Å². The Kier molecular flexibility index (Phi) is 3.88. The van der Waals surface area contributed by atoms with Crippen molar-refractivity contribution in [1.29, 1.82) is 0 Å². The maximum absolute atomic E-state index is 13.2. The lowest BCUT2D eigenvalue weighted by Gasteiger charge is -2.17. The molecule has 0 unspecified atom stereocenters. The fourth-order valence-corrected chi connectivity index (χ4v) is 1.65. The lowest BCUT2D eigenvalue weighted by atomic mass is 10.3. The second-order valence-corrected chi connectivity index (χ2v) is 3.74. The molecule has 0 bridgehead atoms. The van der Waals surface area contributed by atoms with E-state index in [1.807, 2.05) is 6.92 Å². The average Bonchev–Trinajstić information content (AvgIpc) is 2.79. The molecule has 0 atom stereocenters. The molecular formula is C12H15FN4O. The van der Waals surface area contributed by atoms with E-state index in [-0.39, 0.29) is 5.82 Å². The van der Waals surface area contributed by atoms with Crippen LogP contribution in [-0.2, 0) is 6.42 Å². The van der Waals surface area contributed by atoms with E-state index < -0.39 is 0 Å². The quantitative estimate of drug-likeness (QED) is 0.877. The van der Waals surface area contributed by atoms with Crippen molar-refractivity contribution in [1.82, 2.24) is 10.2 Å². The molecule has 96 valence electrons. The van der Waals surface area contributed by atoms with Crippen molar-refractivity contribution in [3.8, 4) is 0 Å². The number of halogens is 1. The third kappa shape index (κ3) is 2.65. The van der Waals surface area contributed by atoms with Gasteiger partial charge in [0.05, 0.1) is 0 Å².